The molecule has 16 heavy (non-hydrogen) atoms. The molecule has 0 saturated heterocycles. The molecule has 2 N–H and O–H groups in total. The fraction of sp³-hybridized carbons (Fsp3) is 1.00. The Morgan fingerprint density at radius 1 is 0.938 bits per heavy atom. The van der Waals surface area contributed by atoms with Gasteiger partial charge in [-0.15, -0.1) is 0 Å². The quantitative estimate of drug-likeness (QED) is 0.738. The second-order valence-electron chi connectivity index (χ2n) is 5.53. The molecule has 2 saturated carbocycles. The lowest BCUT2D eigenvalue weighted by Gasteiger charge is -2.42. The van der Waals surface area contributed by atoms with Gasteiger partial charge in [0.15, 0.2) is 0 Å². The van der Waals surface area contributed by atoms with Crippen LogP contribution in [-0.2, 0) is 0 Å². The summed E-state index contributed by atoms with van der Waals surface area (Å²) in [6, 6.07) is 0. The molecule has 0 bridgehead atoms. The van der Waals surface area contributed by atoms with Gasteiger partial charge in [0.2, 0.25) is 0 Å². The van der Waals surface area contributed by atoms with Crippen molar-refractivity contribution in [2.24, 2.45) is 17.6 Å². The maximum atomic E-state index is 12.5. The lowest BCUT2D eigenvalue weighted by molar-refractivity contribution is -0.185. The van der Waals surface area contributed by atoms with Crippen molar-refractivity contribution in [2.75, 3.05) is 0 Å². The van der Waals surface area contributed by atoms with Gasteiger partial charge in [-0.1, -0.05) is 12.8 Å². The lowest BCUT2D eigenvalue weighted by atomic mass is 9.69. The van der Waals surface area contributed by atoms with Crippen molar-refractivity contribution in [3.8, 4) is 0 Å². The van der Waals surface area contributed by atoms with Crippen LogP contribution in [0.15, 0.2) is 0 Å². The molecule has 4 heteroatoms. The Morgan fingerprint density at radius 2 is 1.44 bits per heavy atom. The summed E-state index contributed by atoms with van der Waals surface area (Å²) < 4.78 is 37.6. The molecule has 2 aliphatic rings. The summed E-state index contributed by atoms with van der Waals surface area (Å²) in [5.74, 6) is -0.632. The van der Waals surface area contributed by atoms with Gasteiger partial charge in [-0.25, -0.2) is 0 Å². The zero-order valence-corrected chi connectivity index (χ0v) is 9.52. The Hall–Kier alpha value is -0.250. The monoisotopic (exact) mass is 235 g/mol. The van der Waals surface area contributed by atoms with Crippen LogP contribution in [-0.4, -0.2) is 11.7 Å². The summed E-state index contributed by atoms with van der Waals surface area (Å²) in [6.07, 6.45) is 2.20. The van der Waals surface area contributed by atoms with E-state index in [0.717, 1.165) is 12.8 Å². The Balaban J connectivity index is 1.93. The van der Waals surface area contributed by atoms with E-state index < -0.39 is 12.1 Å². The summed E-state index contributed by atoms with van der Waals surface area (Å²) in [5.41, 5.74) is 6.01. The van der Waals surface area contributed by atoms with Crippen molar-refractivity contribution in [3.63, 3.8) is 0 Å². The van der Waals surface area contributed by atoms with Crippen LogP contribution in [0.25, 0.3) is 0 Å². The minimum absolute atomic E-state index is 0.233. The highest BCUT2D eigenvalue weighted by Gasteiger charge is 2.47. The molecule has 2 rings (SSSR count). The molecular formula is C12H20F3N. The normalized spacial score (nSPS) is 37.9. The van der Waals surface area contributed by atoms with Crippen LogP contribution in [0.3, 0.4) is 0 Å². The first-order valence-electron chi connectivity index (χ1n) is 6.27. The Kier molecular flexibility index (Phi) is 3.21. The van der Waals surface area contributed by atoms with Gasteiger partial charge < -0.3 is 5.73 Å². The van der Waals surface area contributed by atoms with Gasteiger partial charge in [0.1, 0.15) is 0 Å². The van der Waals surface area contributed by atoms with E-state index in [1.54, 1.807) is 0 Å². The Bertz CT molecular complexity index is 235. The van der Waals surface area contributed by atoms with Crippen molar-refractivity contribution in [1.82, 2.24) is 0 Å². The molecule has 0 unspecified atom stereocenters. The highest BCUT2D eigenvalue weighted by Crippen LogP contribution is 2.46. The zero-order chi connectivity index (χ0) is 11.8. The number of rotatable bonds is 1. The molecule has 0 aliphatic heterocycles. The van der Waals surface area contributed by atoms with Crippen LogP contribution >= 0.6 is 0 Å². The SMILES string of the molecule is NC1(C2CCCC2)CCC(C(F)(F)F)CC1. The minimum Gasteiger partial charge on any atom is -0.325 e. The van der Waals surface area contributed by atoms with E-state index in [2.05, 4.69) is 0 Å². The molecule has 0 aromatic rings. The van der Waals surface area contributed by atoms with Crippen molar-refractivity contribution < 1.29 is 13.2 Å². The molecule has 0 aromatic carbocycles. The Morgan fingerprint density at radius 3 is 1.88 bits per heavy atom. The van der Waals surface area contributed by atoms with Gasteiger partial charge in [0.25, 0.3) is 0 Å². The topological polar surface area (TPSA) is 26.0 Å². The van der Waals surface area contributed by atoms with Crippen molar-refractivity contribution in [3.05, 3.63) is 0 Å². The highest BCUT2D eigenvalue weighted by molar-refractivity contribution is 4.97. The molecule has 94 valence electrons. The van der Waals surface area contributed by atoms with E-state index in [9.17, 15) is 13.2 Å². The summed E-state index contributed by atoms with van der Waals surface area (Å²) in [5, 5.41) is 0. The Labute approximate surface area is 94.6 Å². The van der Waals surface area contributed by atoms with Crippen molar-refractivity contribution >= 4 is 0 Å². The van der Waals surface area contributed by atoms with E-state index >= 15 is 0 Å². The second-order valence-corrected chi connectivity index (χ2v) is 5.53. The largest absolute Gasteiger partial charge is 0.391 e. The molecular weight excluding hydrogens is 215 g/mol. The van der Waals surface area contributed by atoms with E-state index in [0.29, 0.717) is 18.8 Å². The average Bonchev–Trinajstić information content (AvgIpc) is 2.70. The number of halogens is 3. The van der Waals surface area contributed by atoms with Gasteiger partial charge in [-0.3, -0.25) is 0 Å². The second kappa shape index (κ2) is 4.21. The predicted octanol–water partition coefficient (Wildman–Crippen LogP) is 3.63. The molecule has 0 amide bonds. The number of alkyl halides is 3. The van der Waals surface area contributed by atoms with Crippen LogP contribution in [0.5, 0.6) is 0 Å². The smallest absolute Gasteiger partial charge is 0.325 e. The summed E-state index contributed by atoms with van der Waals surface area (Å²) >= 11 is 0. The summed E-state index contributed by atoms with van der Waals surface area (Å²) in [7, 11) is 0. The average molecular weight is 235 g/mol. The van der Waals surface area contributed by atoms with Gasteiger partial charge in [-0.2, -0.15) is 13.2 Å². The predicted molar refractivity (Wildman–Crippen MR) is 56.9 cm³/mol. The molecule has 1 nitrogen and oxygen atoms in total. The van der Waals surface area contributed by atoms with Crippen molar-refractivity contribution in [2.45, 2.75) is 63.1 Å². The third kappa shape index (κ3) is 2.36. The molecule has 0 atom stereocenters. The van der Waals surface area contributed by atoms with Crippen LogP contribution in [0.1, 0.15) is 51.4 Å². The number of hydrogen-bond acceptors (Lipinski definition) is 1. The molecule has 0 aromatic heterocycles. The van der Waals surface area contributed by atoms with Crippen LogP contribution in [0.4, 0.5) is 13.2 Å². The lowest BCUT2D eigenvalue weighted by Crippen LogP contribution is -2.50. The van der Waals surface area contributed by atoms with Gasteiger partial charge in [-0.05, 0) is 44.4 Å². The van der Waals surface area contributed by atoms with E-state index in [-0.39, 0.29) is 18.4 Å². The van der Waals surface area contributed by atoms with E-state index in [4.69, 9.17) is 5.73 Å². The zero-order valence-electron chi connectivity index (χ0n) is 9.52. The molecule has 2 fully saturated rings. The molecule has 0 spiro atoms. The first-order valence-corrected chi connectivity index (χ1v) is 6.27. The fourth-order valence-electron chi connectivity index (χ4n) is 3.39. The summed E-state index contributed by atoms with van der Waals surface area (Å²) in [6.45, 7) is 0. The minimum atomic E-state index is -4.02. The maximum absolute atomic E-state index is 12.5. The third-order valence-corrected chi connectivity index (χ3v) is 4.55. The van der Waals surface area contributed by atoms with Gasteiger partial charge in [0, 0.05) is 5.54 Å². The molecule has 0 radical (unpaired) electrons. The standard InChI is InChI=1S/C12H20F3N/c13-12(14,15)10-5-7-11(16,8-6-10)9-3-1-2-4-9/h9-10H,1-8,16H2. The third-order valence-electron chi connectivity index (χ3n) is 4.55. The van der Waals surface area contributed by atoms with Crippen LogP contribution in [0.2, 0.25) is 0 Å². The maximum Gasteiger partial charge on any atom is 0.391 e. The van der Waals surface area contributed by atoms with E-state index in [1.165, 1.54) is 12.8 Å². The van der Waals surface area contributed by atoms with Gasteiger partial charge >= 0.3 is 6.18 Å². The van der Waals surface area contributed by atoms with Crippen molar-refractivity contribution in [1.29, 1.82) is 0 Å². The summed E-state index contributed by atoms with van der Waals surface area (Å²) in [4.78, 5) is 0. The number of hydrogen-bond donors (Lipinski definition) is 1. The van der Waals surface area contributed by atoms with Gasteiger partial charge in [0.05, 0.1) is 5.92 Å². The number of nitrogens with two attached hydrogens (primary N) is 1. The fourth-order valence-corrected chi connectivity index (χ4v) is 3.39. The molecule has 2 aliphatic carbocycles. The first kappa shape index (κ1) is 12.2. The molecule has 0 heterocycles. The highest BCUT2D eigenvalue weighted by atomic mass is 19.4. The van der Waals surface area contributed by atoms with E-state index in [1.807, 2.05) is 0 Å². The van der Waals surface area contributed by atoms with Crippen LogP contribution in [0, 0.1) is 11.8 Å². The van der Waals surface area contributed by atoms with Crippen LogP contribution < -0.4 is 5.73 Å². The first-order chi connectivity index (χ1) is 7.42.